The Bertz CT molecular complexity index is 606. The molecule has 1 aromatic rings. The van der Waals surface area contributed by atoms with Gasteiger partial charge in [0.25, 0.3) is 5.69 Å². The van der Waals surface area contributed by atoms with Crippen molar-refractivity contribution < 1.29 is 14.5 Å². The number of carbonyl (C=O) groups is 2. The summed E-state index contributed by atoms with van der Waals surface area (Å²) in [5, 5.41) is 13.2. The summed E-state index contributed by atoms with van der Waals surface area (Å²) in [7, 11) is 0. The second kappa shape index (κ2) is 6.78. The van der Waals surface area contributed by atoms with Gasteiger partial charge >= 0.3 is 0 Å². The third-order valence-corrected chi connectivity index (χ3v) is 4.35. The van der Waals surface area contributed by atoms with E-state index in [0.29, 0.717) is 5.56 Å². The molecule has 1 fully saturated rings. The van der Waals surface area contributed by atoms with Crippen LogP contribution in [0.25, 0.3) is 0 Å². The first-order chi connectivity index (χ1) is 10.4. The van der Waals surface area contributed by atoms with E-state index in [4.69, 9.17) is 0 Å². The minimum atomic E-state index is -0.471. The zero-order valence-corrected chi connectivity index (χ0v) is 13.1. The van der Waals surface area contributed by atoms with Crippen molar-refractivity contribution in [1.82, 2.24) is 10.2 Å². The van der Waals surface area contributed by atoms with Crippen LogP contribution in [0, 0.1) is 10.1 Å². The lowest BCUT2D eigenvalue weighted by Crippen LogP contribution is -2.41. The Morgan fingerprint density at radius 1 is 1.55 bits per heavy atom. The fourth-order valence-electron chi connectivity index (χ4n) is 2.22. The molecule has 1 atom stereocenters. The molecule has 0 spiro atoms. The Labute approximate surface area is 132 Å². The van der Waals surface area contributed by atoms with E-state index in [1.54, 1.807) is 12.1 Å². The summed E-state index contributed by atoms with van der Waals surface area (Å²) in [5.74, 6) is -0.107. The normalized spacial score (nSPS) is 17.9. The van der Waals surface area contributed by atoms with Crippen LogP contribution in [0.5, 0.6) is 0 Å². The van der Waals surface area contributed by atoms with Crippen LogP contribution < -0.4 is 5.32 Å². The molecule has 2 rings (SSSR count). The van der Waals surface area contributed by atoms with E-state index in [0.717, 1.165) is 0 Å². The van der Waals surface area contributed by atoms with E-state index in [2.05, 4.69) is 5.32 Å². The van der Waals surface area contributed by atoms with Gasteiger partial charge in [0.15, 0.2) is 0 Å². The van der Waals surface area contributed by atoms with Crippen LogP contribution in [-0.4, -0.2) is 40.0 Å². The standard InChI is InChI=1S/C14H17N3O4S/c1-9(2)15-12(18)7-16-13(19)8-22-14(16)10-4-3-5-11(6-10)17(20)21/h3-6,9,14H,7-8H2,1-2H3,(H,15,18). The summed E-state index contributed by atoms with van der Waals surface area (Å²) in [5.41, 5.74) is 0.631. The van der Waals surface area contributed by atoms with Crippen LogP contribution in [0.4, 0.5) is 5.69 Å². The molecule has 2 amide bonds. The molecule has 0 bridgehead atoms. The highest BCUT2D eigenvalue weighted by Crippen LogP contribution is 2.39. The molecule has 1 saturated heterocycles. The molecule has 118 valence electrons. The molecule has 1 aliphatic rings. The van der Waals surface area contributed by atoms with Gasteiger partial charge in [-0.1, -0.05) is 12.1 Å². The first kappa shape index (κ1) is 16.3. The van der Waals surface area contributed by atoms with Gasteiger partial charge in [-0.25, -0.2) is 0 Å². The lowest BCUT2D eigenvalue weighted by molar-refractivity contribution is -0.384. The number of amides is 2. The van der Waals surface area contributed by atoms with Gasteiger partial charge < -0.3 is 10.2 Å². The number of hydrogen-bond acceptors (Lipinski definition) is 5. The highest BCUT2D eigenvalue weighted by Gasteiger charge is 2.34. The first-order valence-corrected chi connectivity index (χ1v) is 7.88. The topological polar surface area (TPSA) is 92.6 Å². The lowest BCUT2D eigenvalue weighted by Gasteiger charge is -2.24. The average molecular weight is 323 g/mol. The largest absolute Gasteiger partial charge is 0.352 e. The molecule has 1 aromatic carbocycles. The molecular weight excluding hydrogens is 306 g/mol. The van der Waals surface area contributed by atoms with E-state index < -0.39 is 4.92 Å². The third-order valence-electron chi connectivity index (χ3n) is 3.10. The van der Waals surface area contributed by atoms with E-state index in [1.165, 1.54) is 28.8 Å². The number of non-ortho nitro benzene ring substituents is 1. The maximum absolute atomic E-state index is 12.0. The zero-order valence-electron chi connectivity index (χ0n) is 12.3. The van der Waals surface area contributed by atoms with Gasteiger partial charge in [-0.05, 0) is 19.4 Å². The monoisotopic (exact) mass is 323 g/mol. The number of nitro benzene ring substituents is 1. The van der Waals surface area contributed by atoms with Crippen molar-refractivity contribution in [3.8, 4) is 0 Å². The lowest BCUT2D eigenvalue weighted by atomic mass is 10.2. The van der Waals surface area contributed by atoms with Gasteiger partial charge in [0, 0.05) is 18.2 Å². The second-order valence-electron chi connectivity index (χ2n) is 5.26. The number of nitro groups is 1. The summed E-state index contributed by atoms with van der Waals surface area (Å²) < 4.78 is 0. The molecule has 1 heterocycles. The quantitative estimate of drug-likeness (QED) is 0.657. The number of hydrogen-bond donors (Lipinski definition) is 1. The smallest absolute Gasteiger partial charge is 0.269 e. The van der Waals surface area contributed by atoms with Gasteiger partial charge in [-0.3, -0.25) is 19.7 Å². The molecule has 0 aliphatic carbocycles. The summed E-state index contributed by atoms with van der Waals surface area (Å²) in [4.78, 5) is 35.7. The summed E-state index contributed by atoms with van der Waals surface area (Å²) >= 11 is 1.37. The number of benzene rings is 1. The molecular formula is C14H17N3O4S. The number of nitrogens with zero attached hydrogens (tertiary/aromatic N) is 2. The molecule has 0 radical (unpaired) electrons. The Morgan fingerprint density at radius 2 is 2.27 bits per heavy atom. The third kappa shape index (κ3) is 3.76. The molecule has 1 N–H and O–H groups in total. The Morgan fingerprint density at radius 3 is 2.91 bits per heavy atom. The fraction of sp³-hybridized carbons (Fsp3) is 0.429. The highest BCUT2D eigenvalue weighted by molar-refractivity contribution is 8.00. The summed E-state index contributed by atoms with van der Waals surface area (Å²) in [6, 6.07) is 6.17. The maximum Gasteiger partial charge on any atom is 0.269 e. The molecule has 22 heavy (non-hydrogen) atoms. The van der Waals surface area contributed by atoms with Crippen molar-refractivity contribution in [2.75, 3.05) is 12.3 Å². The van der Waals surface area contributed by atoms with Crippen LogP contribution in [0.15, 0.2) is 24.3 Å². The summed E-state index contributed by atoms with van der Waals surface area (Å²) in [6.45, 7) is 3.64. The Balaban J connectivity index is 2.18. The minimum absolute atomic E-state index is 0.00544. The van der Waals surface area contributed by atoms with Crippen molar-refractivity contribution in [2.24, 2.45) is 0 Å². The average Bonchev–Trinajstić information content (AvgIpc) is 2.79. The van der Waals surface area contributed by atoms with Gasteiger partial charge in [0.05, 0.1) is 10.7 Å². The van der Waals surface area contributed by atoms with Crippen molar-refractivity contribution in [3.63, 3.8) is 0 Å². The van der Waals surface area contributed by atoms with E-state index >= 15 is 0 Å². The fourth-order valence-corrected chi connectivity index (χ4v) is 3.39. The zero-order chi connectivity index (χ0) is 16.3. The van der Waals surface area contributed by atoms with Gasteiger partial charge in [0.1, 0.15) is 11.9 Å². The van der Waals surface area contributed by atoms with Crippen molar-refractivity contribution >= 4 is 29.3 Å². The van der Waals surface area contributed by atoms with E-state index in [-0.39, 0.29) is 41.2 Å². The van der Waals surface area contributed by atoms with E-state index in [1.807, 2.05) is 13.8 Å². The SMILES string of the molecule is CC(C)NC(=O)CN1C(=O)CSC1c1cccc([N+](=O)[O-])c1. The van der Waals surface area contributed by atoms with Crippen LogP contribution in [0.3, 0.4) is 0 Å². The van der Waals surface area contributed by atoms with Crippen molar-refractivity contribution in [2.45, 2.75) is 25.3 Å². The Kier molecular flexibility index (Phi) is 5.02. The first-order valence-electron chi connectivity index (χ1n) is 6.83. The number of carbonyl (C=O) groups excluding carboxylic acids is 2. The van der Waals surface area contributed by atoms with Gasteiger partial charge in [-0.15, -0.1) is 11.8 Å². The predicted octanol–water partition coefficient (Wildman–Crippen LogP) is 1.69. The molecule has 1 unspecified atom stereocenters. The molecule has 0 aromatic heterocycles. The number of nitrogens with one attached hydrogen (secondary N) is 1. The molecule has 7 nitrogen and oxygen atoms in total. The minimum Gasteiger partial charge on any atom is -0.352 e. The van der Waals surface area contributed by atoms with Crippen LogP contribution in [0.1, 0.15) is 24.8 Å². The van der Waals surface area contributed by atoms with Crippen LogP contribution in [-0.2, 0) is 9.59 Å². The predicted molar refractivity (Wildman–Crippen MR) is 83.3 cm³/mol. The van der Waals surface area contributed by atoms with Gasteiger partial charge in [0.2, 0.25) is 11.8 Å². The second-order valence-corrected chi connectivity index (χ2v) is 6.33. The maximum atomic E-state index is 12.0. The number of thioether (sulfide) groups is 1. The van der Waals surface area contributed by atoms with Crippen LogP contribution in [0.2, 0.25) is 0 Å². The van der Waals surface area contributed by atoms with E-state index in [9.17, 15) is 19.7 Å². The van der Waals surface area contributed by atoms with Crippen molar-refractivity contribution in [3.05, 3.63) is 39.9 Å². The highest BCUT2D eigenvalue weighted by atomic mass is 32.2. The summed E-state index contributed by atoms with van der Waals surface area (Å²) in [6.07, 6.45) is 0. The van der Waals surface area contributed by atoms with Crippen molar-refractivity contribution in [1.29, 1.82) is 0 Å². The molecule has 1 aliphatic heterocycles. The molecule has 8 heteroatoms. The van der Waals surface area contributed by atoms with Gasteiger partial charge in [-0.2, -0.15) is 0 Å². The Hall–Kier alpha value is -2.09. The molecule has 0 saturated carbocycles. The van der Waals surface area contributed by atoms with Crippen LogP contribution >= 0.6 is 11.8 Å². The number of rotatable bonds is 5.